The maximum atomic E-state index is 11.8. The van der Waals surface area contributed by atoms with E-state index in [2.05, 4.69) is 25.5 Å². The Bertz CT molecular complexity index is 777. The molecule has 0 aliphatic carbocycles. The lowest BCUT2D eigenvalue weighted by Crippen LogP contribution is -2.12. The number of aromatic nitrogens is 6. The van der Waals surface area contributed by atoms with Crippen molar-refractivity contribution in [2.24, 2.45) is 5.73 Å². The van der Waals surface area contributed by atoms with Crippen LogP contribution in [0.2, 0.25) is 0 Å². The van der Waals surface area contributed by atoms with Crippen LogP contribution in [0, 0.1) is 0 Å². The van der Waals surface area contributed by atoms with Gasteiger partial charge in [-0.15, -0.1) is 16.4 Å². The molecular formula is C10H11N7OS2. The summed E-state index contributed by atoms with van der Waals surface area (Å²) in [6.45, 7) is 1.03. The third-order valence-electron chi connectivity index (χ3n) is 2.54. The maximum Gasteiger partial charge on any atom is 0.268 e. The van der Waals surface area contributed by atoms with Gasteiger partial charge in [0.25, 0.3) is 5.56 Å². The molecule has 3 aromatic heterocycles. The highest BCUT2D eigenvalue weighted by atomic mass is 32.2. The van der Waals surface area contributed by atoms with Crippen LogP contribution in [-0.4, -0.2) is 36.7 Å². The number of hydrogen-bond acceptors (Lipinski definition) is 8. The van der Waals surface area contributed by atoms with Gasteiger partial charge < -0.3 is 10.7 Å². The monoisotopic (exact) mass is 309 g/mol. The van der Waals surface area contributed by atoms with Crippen molar-refractivity contribution < 1.29 is 0 Å². The lowest BCUT2D eigenvalue weighted by atomic mass is 10.4. The van der Waals surface area contributed by atoms with Gasteiger partial charge in [0.1, 0.15) is 10.5 Å². The molecule has 0 amide bonds. The SMILES string of the molecule is NCCn1nnnc1SCc1nc2ccsc2c(=O)[nH]1. The molecule has 3 rings (SSSR count). The molecule has 0 aliphatic heterocycles. The van der Waals surface area contributed by atoms with Crippen LogP contribution in [-0.2, 0) is 12.3 Å². The van der Waals surface area contributed by atoms with Crippen LogP contribution < -0.4 is 11.3 Å². The second-order valence-electron chi connectivity index (χ2n) is 3.91. The molecule has 3 heterocycles. The van der Waals surface area contributed by atoms with E-state index >= 15 is 0 Å². The predicted octanol–water partition coefficient (Wildman–Crippen LogP) is 0.222. The molecule has 0 fully saturated rings. The molecule has 8 nitrogen and oxygen atoms in total. The zero-order chi connectivity index (χ0) is 13.9. The molecule has 0 unspecified atom stereocenters. The minimum atomic E-state index is -0.109. The molecular weight excluding hydrogens is 298 g/mol. The van der Waals surface area contributed by atoms with Crippen molar-refractivity contribution >= 4 is 33.3 Å². The van der Waals surface area contributed by atoms with E-state index in [0.29, 0.717) is 34.5 Å². The van der Waals surface area contributed by atoms with Crippen LogP contribution in [0.1, 0.15) is 5.82 Å². The Morgan fingerprint density at radius 2 is 2.40 bits per heavy atom. The van der Waals surface area contributed by atoms with Gasteiger partial charge in [0.05, 0.1) is 17.8 Å². The molecule has 0 aliphatic rings. The summed E-state index contributed by atoms with van der Waals surface area (Å²) < 4.78 is 2.28. The Balaban J connectivity index is 1.79. The zero-order valence-corrected chi connectivity index (χ0v) is 11.9. The number of nitrogens with zero attached hydrogens (tertiary/aromatic N) is 5. The van der Waals surface area contributed by atoms with Crippen molar-refractivity contribution in [2.75, 3.05) is 6.54 Å². The Morgan fingerprint density at radius 1 is 1.50 bits per heavy atom. The molecule has 0 aromatic carbocycles. The van der Waals surface area contributed by atoms with Crippen LogP contribution in [0.25, 0.3) is 10.2 Å². The first kappa shape index (κ1) is 13.2. The number of hydrogen-bond donors (Lipinski definition) is 2. The van der Waals surface area contributed by atoms with Crippen molar-refractivity contribution in [3.05, 3.63) is 27.6 Å². The fourth-order valence-corrected chi connectivity index (χ4v) is 3.18. The van der Waals surface area contributed by atoms with E-state index in [9.17, 15) is 4.79 Å². The summed E-state index contributed by atoms with van der Waals surface area (Å²) in [5.41, 5.74) is 6.09. The van der Waals surface area contributed by atoms with Crippen LogP contribution >= 0.6 is 23.1 Å². The van der Waals surface area contributed by atoms with Crippen LogP contribution in [0.3, 0.4) is 0 Å². The van der Waals surface area contributed by atoms with Crippen molar-refractivity contribution in [1.29, 1.82) is 0 Å². The average molecular weight is 309 g/mol. The number of thiophene rings is 1. The van der Waals surface area contributed by atoms with Crippen molar-refractivity contribution in [2.45, 2.75) is 17.5 Å². The topological polar surface area (TPSA) is 115 Å². The van der Waals surface area contributed by atoms with Gasteiger partial charge in [0.15, 0.2) is 0 Å². The number of nitrogens with one attached hydrogen (secondary N) is 1. The molecule has 0 bridgehead atoms. The van der Waals surface area contributed by atoms with Crippen LogP contribution in [0.5, 0.6) is 0 Å². The van der Waals surface area contributed by atoms with Gasteiger partial charge in [-0.2, -0.15) is 0 Å². The molecule has 0 spiro atoms. The first-order valence-electron chi connectivity index (χ1n) is 5.83. The largest absolute Gasteiger partial charge is 0.329 e. The summed E-state index contributed by atoms with van der Waals surface area (Å²) in [6.07, 6.45) is 0. The van der Waals surface area contributed by atoms with E-state index < -0.39 is 0 Å². The van der Waals surface area contributed by atoms with Gasteiger partial charge >= 0.3 is 0 Å². The van der Waals surface area contributed by atoms with Gasteiger partial charge in [-0.3, -0.25) is 4.79 Å². The van der Waals surface area contributed by atoms with Crippen LogP contribution in [0.4, 0.5) is 0 Å². The second-order valence-corrected chi connectivity index (χ2v) is 5.77. The zero-order valence-electron chi connectivity index (χ0n) is 10.3. The third-order valence-corrected chi connectivity index (χ3v) is 4.41. The molecule has 0 saturated heterocycles. The quantitative estimate of drug-likeness (QED) is 0.648. The van der Waals surface area contributed by atoms with Gasteiger partial charge in [-0.25, -0.2) is 9.67 Å². The Hall–Kier alpha value is -1.78. The highest BCUT2D eigenvalue weighted by Gasteiger charge is 2.09. The summed E-state index contributed by atoms with van der Waals surface area (Å²) in [7, 11) is 0. The minimum Gasteiger partial charge on any atom is -0.329 e. The second kappa shape index (κ2) is 5.69. The van der Waals surface area contributed by atoms with Crippen molar-refractivity contribution in [3.63, 3.8) is 0 Å². The predicted molar refractivity (Wildman–Crippen MR) is 76.7 cm³/mol. The van der Waals surface area contributed by atoms with E-state index in [1.54, 1.807) is 4.68 Å². The fraction of sp³-hybridized carbons (Fsp3) is 0.300. The highest BCUT2D eigenvalue weighted by Crippen LogP contribution is 2.19. The maximum absolute atomic E-state index is 11.8. The lowest BCUT2D eigenvalue weighted by molar-refractivity contribution is 0.557. The fourth-order valence-electron chi connectivity index (χ4n) is 1.69. The summed E-state index contributed by atoms with van der Waals surface area (Å²) in [5, 5.41) is 13.9. The molecule has 0 atom stereocenters. The number of tetrazole rings is 1. The van der Waals surface area contributed by atoms with E-state index in [4.69, 9.17) is 5.73 Å². The average Bonchev–Trinajstić information content (AvgIpc) is 3.06. The molecule has 10 heteroatoms. The summed E-state index contributed by atoms with van der Waals surface area (Å²) in [4.78, 5) is 19.0. The van der Waals surface area contributed by atoms with E-state index in [1.165, 1.54) is 23.1 Å². The van der Waals surface area contributed by atoms with E-state index in [1.807, 2.05) is 11.4 Å². The first-order valence-corrected chi connectivity index (χ1v) is 7.70. The van der Waals surface area contributed by atoms with Gasteiger partial charge in [-0.05, 0) is 21.9 Å². The van der Waals surface area contributed by atoms with Crippen molar-refractivity contribution in [1.82, 2.24) is 30.2 Å². The standard InChI is InChI=1S/C10H11N7OS2/c11-2-3-17-10(14-15-16-17)20-5-7-12-6-1-4-19-8(6)9(18)13-7/h1,4H,2-3,5,11H2,(H,12,13,18). The Kier molecular flexibility index (Phi) is 3.76. The van der Waals surface area contributed by atoms with Gasteiger partial charge in [0, 0.05) is 6.54 Å². The third kappa shape index (κ3) is 2.57. The Labute approximate surface area is 121 Å². The number of thioether (sulfide) groups is 1. The number of nitrogens with two attached hydrogens (primary N) is 1. The molecule has 20 heavy (non-hydrogen) atoms. The number of fused-ring (bicyclic) bond motifs is 1. The van der Waals surface area contributed by atoms with Gasteiger partial charge in [0.2, 0.25) is 5.16 Å². The van der Waals surface area contributed by atoms with E-state index in [-0.39, 0.29) is 5.56 Å². The molecule has 0 radical (unpaired) electrons. The summed E-state index contributed by atoms with van der Waals surface area (Å²) in [5.74, 6) is 1.10. The van der Waals surface area contributed by atoms with Crippen LogP contribution in [0.15, 0.2) is 21.4 Å². The molecule has 3 aromatic rings. The lowest BCUT2D eigenvalue weighted by Gasteiger charge is -2.02. The van der Waals surface area contributed by atoms with E-state index in [0.717, 1.165) is 5.52 Å². The normalized spacial score (nSPS) is 11.2. The van der Waals surface area contributed by atoms with Crippen molar-refractivity contribution in [3.8, 4) is 0 Å². The molecule has 104 valence electrons. The Morgan fingerprint density at radius 3 is 3.25 bits per heavy atom. The number of rotatable bonds is 5. The smallest absolute Gasteiger partial charge is 0.268 e. The number of H-pyrrole nitrogens is 1. The minimum absolute atomic E-state index is 0.109. The molecule has 3 N–H and O–H groups in total. The first-order chi connectivity index (χ1) is 9.78. The summed E-state index contributed by atoms with van der Waals surface area (Å²) in [6, 6.07) is 1.84. The van der Waals surface area contributed by atoms with Gasteiger partial charge in [-0.1, -0.05) is 11.8 Å². The molecule has 0 saturated carbocycles. The number of aromatic amines is 1. The summed E-state index contributed by atoms with van der Waals surface area (Å²) >= 11 is 2.79. The highest BCUT2D eigenvalue weighted by molar-refractivity contribution is 7.98.